The second kappa shape index (κ2) is 5.84. The van der Waals surface area contributed by atoms with E-state index < -0.39 is 0 Å². The Morgan fingerprint density at radius 3 is 2.69 bits per heavy atom. The molecule has 3 heteroatoms. The van der Waals surface area contributed by atoms with Crippen LogP contribution in [-0.2, 0) is 0 Å². The number of aliphatic hydroxyl groups excluding tert-OH is 1. The molecular weight excluding hydrogens is 186 g/mol. The van der Waals surface area contributed by atoms with Gasteiger partial charge in [0.25, 0.3) is 0 Å². The molecule has 0 amide bonds. The van der Waals surface area contributed by atoms with Crippen molar-refractivity contribution in [3.8, 4) is 0 Å². The lowest BCUT2D eigenvalue weighted by Crippen LogP contribution is -2.35. The minimum absolute atomic E-state index is 0.348. The van der Waals surface area contributed by atoms with E-state index in [1.807, 2.05) is 0 Å². The third-order valence-electron chi connectivity index (χ3n) is 2.49. The van der Waals surface area contributed by atoms with Gasteiger partial charge in [-0.05, 0) is 25.8 Å². The van der Waals surface area contributed by atoms with E-state index in [0.29, 0.717) is 5.88 Å². The number of unbranched alkanes of at least 4 members (excludes halogenated alkanes) is 1. The third-order valence-corrected chi connectivity index (χ3v) is 2.84. The van der Waals surface area contributed by atoms with Crippen LogP contribution in [0.1, 0.15) is 32.6 Å². The average molecular weight is 206 g/mol. The molecular formula is C10H20ClNO. The van der Waals surface area contributed by atoms with Gasteiger partial charge in [-0.2, -0.15) is 0 Å². The number of nitrogens with zero attached hydrogens (tertiary/aromatic N) is 1. The highest BCUT2D eigenvalue weighted by molar-refractivity contribution is 6.18. The Labute approximate surface area is 85.9 Å². The van der Waals surface area contributed by atoms with Crippen LogP contribution in [0.3, 0.4) is 0 Å². The van der Waals surface area contributed by atoms with Crippen LogP contribution in [0.5, 0.6) is 0 Å². The van der Waals surface area contributed by atoms with Gasteiger partial charge in [0.15, 0.2) is 0 Å². The first-order valence-electron chi connectivity index (χ1n) is 5.26. The Hall–Kier alpha value is 0.210. The molecule has 0 radical (unpaired) electrons. The molecule has 1 saturated carbocycles. The summed E-state index contributed by atoms with van der Waals surface area (Å²) in [5, 5.41) is 9.43. The Kier molecular flexibility index (Phi) is 5.07. The molecule has 1 atom stereocenters. The van der Waals surface area contributed by atoms with Crippen LogP contribution in [0, 0.1) is 0 Å². The van der Waals surface area contributed by atoms with Gasteiger partial charge in [-0.15, -0.1) is 11.6 Å². The maximum absolute atomic E-state index is 9.43. The molecule has 0 saturated heterocycles. The third kappa shape index (κ3) is 4.30. The topological polar surface area (TPSA) is 23.5 Å². The summed E-state index contributed by atoms with van der Waals surface area (Å²) in [6.45, 7) is 4.08. The predicted octanol–water partition coefficient (Wildman–Crippen LogP) is 1.85. The fraction of sp³-hybridized carbons (Fsp3) is 1.00. The molecule has 78 valence electrons. The van der Waals surface area contributed by atoms with Crippen LogP contribution in [0.25, 0.3) is 0 Å². The van der Waals surface area contributed by atoms with Crippen molar-refractivity contribution in [2.45, 2.75) is 44.8 Å². The van der Waals surface area contributed by atoms with Crippen molar-refractivity contribution in [3.63, 3.8) is 0 Å². The highest BCUT2D eigenvalue weighted by atomic mass is 35.5. The summed E-state index contributed by atoms with van der Waals surface area (Å²) in [6, 6.07) is 0.740. The summed E-state index contributed by atoms with van der Waals surface area (Å²) < 4.78 is 0. The maximum Gasteiger partial charge on any atom is 0.0802 e. The van der Waals surface area contributed by atoms with Crippen molar-refractivity contribution >= 4 is 11.6 Å². The largest absolute Gasteiger partial charge is 0.391 e. The summed E-state index contributed by atoms with van der Waals surface area (Å²) in [5.41, 5.74) is 0. The summed E-state index contributed by atoms with van der Waals surface area (Å²) >= 11 is 5.58. The first-order valence-corrected chi connectivity index (χ1v) is 5.79. The lowest BCUT2D eigenvalue weighted by molar-refractivity contribution is 0.123. The number of halogens is 1. The Morgan fingerprint density at radius 2 is 2.23 bits per heavy atom. The van der Waals surface area contributed by atoms with Gasteiger partial charge in [0.1, 0.15) is 0 Å². The van der Waals surface area contributed by atoms with Crippen LogP contribution >= 0.6 is 11.6 Å². The fourth-order valence-electron chi connectivity index (χ4n) is 1.54. The van der Waals surface area contributed by atoms with Gasteiger partial charge < -0.3 is 5.11 Å². The van der Waals surface area contributed by atoms with Gasteiger partial charge >= 0.3 is 0 Å². The number of alkyl halides is 1. The quantitative estimate of drug-likeness (QED) is 0.642. The molecule has 0 heterocycles. The van der Waals surface area contributed by atoms with Crippen LogP contribution in [0.15, 0.2) is 0 Å². The molecule has 0 bridgehead atoms. The van der Waals surface area contributed by atoms with E-state index in [4.69, 9.17) is 11.6 Å². The second-order valence-electron chi connectivity index (χ2n) is 3.89. The molecule has 1 unspecified atom stereocenters. The summed E-state index contributed by atoms with van der Waals surface area (Å²) in [4.78, 5) is 2.39. The molecule has 0 aromatic heterocycles. The second-order valence-corrected chi connectivity index (χ2v) is 4.20. The standard InChI is InChI=1S/C10H20ClNO/c1-2-3-6-12(9-4-5-9)8-10(13)7-11/h9-10,13H,2-8H2,1H3. The first-order chi connectivity index (χ1) is 6.27. The molecule has 1 N–H and O–H groups in total. The van der Waals surface area contributed by atoms with Crippen LogP contribution in [-0.4, -0.2) is 41.1 Å². The van der Waals surface area contributed by atoms with Gasteiger partial charge in [-0.3, -0.25) is 4.90 Å². The van der Waals surface area contributed by atoms with Gasteiger partial charge in [0, 0.05) is 18.5 Å². The lowest BCUT2D eigenvalue weighted by atomic mass is 10.3. The van der Waals surface area contributed by atoms with Crippen molar-refractivity contribution in [2.24, 2.45) is 0 Å². The lowest BCUT2D eigenvalue weighted by Gasteiger charge is -2.23. The van der Waals surface area contributed by atoms with Crippen molar-refractivity contribution in [1.29, 1.82) is 0 Å². The maximum atomic E-state index is 9.43. The van der Waals surface area contributed by atoms with E-state index in [0.717, 1.165) is 19.1 Å². The smallest absolute Gasteiger partial charge is 0.0802 e. The van der Waals surface area contributed by atoms with Crippen LogP contribution < -0.4 is 0 Å². The van der Waals surface area contributed by atoms with Crippen molar-refractivity contribution < 1.29 is 5.11 Å². The van der Waals surface area contributed by atoms with Crippen molar-refractivity contribution in [2.75, 3.05) is 19.0 Å². The molecule has 1 aliphatic rings. The van der Waals surface area contributed by atoms with E-state index in [9.17, 15) is 5.11 Å². The Bertz CT molecular complexity index is 139. The summed E-state index contributed by atoms with van der Waals surface area (Å²) in [7, 11) is 0. The zero-order valence-electron chi connectivity index (χ0n) is 8.38. The number of hydrogen-bond acceptors (Lipinski definition) is 2. The van der Waals surface area contributed by atoms with Gasteiger partial charge in [-0.1, -0.05) is 13.3 Å². The highest BCUT2D eigenvalue weighted by Crippen LogP contribution is 2.27. The van der Waals surface area contributed by atoms with Crippen LogP contribution in [0.2, 0.25) is 0 Å². The number of rotatable bonds is 7. The Morgan fingerprint density at radius 1 is 1.54 bits per heavy atom. The molecule has 1 fully saturated rings. The fourth-order valence-corrected chi connectivity index (χ4v) is 1.64. The van der Waals surface area contributed by atoms with E-state index in [1.54, 1.807) is 0 Å². The molecule has 0 spiro atoms. The van der Waals surface area contributed by atoms with Crippen LogP contribution in [0.4, 0.5) is 0 Å². The van der Waals surface area contributed by atoms with Crippen molar-refractivity contribution in [3.05, 3.63) is 0 Å². The predicted molar refractivity (Wildman–Crippen MR) is 56.2 cm³/mol. The zero-order valence-corrected chi connectivity index (χ0v) is 9.13. The molecule has 0 aromatic rings. The van der Waals surface area contributed by atoms with E-state index in [-0.39, 0.29) is 6.10 Å². The molecule has 0 aliphatic heterocycles. The molecule has 13 heavy (non-hydrogen) atoms. The number of hydrogen-bond donors (Lipinski definition) is 1. The van der Waals surface area contributed by atoms with Gasteiger partial charge in [-0.25, -0.2) is 0 Å². The van der Waals surface area contributed by atoms with E-state index in [2.05, 4.69) is 11.8 Å². The summed E-state index contributed by atoms with van der Waals surface area (Å²) in [5.74, 6) is 0.356. The van der Waals surface area contributed by atoms with E-state index in [1.165, 1.54) is 25.7 Å². The van der Waals surface area contributed by atoms with Gasteiger partial charge in [0.2, 0.25) is 0 Å². The molecule has 1 aliphatic carbocycles. The minimum Gasteiger partial charge on any atom is -0.391 e. The monoisotopic (exact) mass is 205 g/mol. The molecule has 2 nitrogen and oxygen atoms in total. The van der Waals surface area contributed by atoms with Crippen molar-refractivity contribution in [1.82, 2.24) is 4.90 Å². The molecule has 0 aromatic carbocycles. The Balaban J connectivity index is 2.20. The average Bonchev–Trinajstić information content (AvgIpc) is 2.94. The minimum atomic E-state index is -0.348. The first kappa shape index (κ1) is 11.3. The highest BCUT2D eigenvalue weighted by Gasteiger charge is 2.29. The van der Waals surface area contributed by atoms with E-state index >= 15 is 0 Å². The zero-order chi connectivity index (χ0) is 9.68. The summed E-state index contributed by atoms with van der Waals surface area (Å²) in [6.07, 6.45) is 4.71. The normalized spacial score (nSPS) is 19.4. The molecule has 1 rings (SSSR count). The SMILES string of the molecule is CCCCN(CC(O)CCl)C1CC1. The number of aliphatic hydroxyl groups is 1. The van der Waals surface area contributed by atoms with Gasteiger partial charge in [0.05, 0.1) is 6.10 Å².